The number of nitrogens with two attached hydrogens (primary N) is 1. The monoisotopic (exact) mass is 797 g/mol. The molecule has 57 heavy (non-hydrogen) atoms. The standard InChI is InChI=1S/C26H26FNO3.C20H25NO2.CH4.ClH2N/c1-15-25-23(22-10-8-21(29)12-18(22)13-24(25)26(30)31-15)9-7-20-6-5-17(14-28-20)16-3-2-4-19(27)11-16;1-13-19-17(10-9-15-7-4-5-11-21-15)16-8-3-2-6-14(16)12-18(19)20(22)23-13;;1-2/h2-7,9,11,14-15,18,22-25H,8,10,12-13H2,1H3;4-5,7,9-11,13-14,16-19H,2-3,6,8,12H2,1H3;1H4;2H2/b9-7+;10-9+;;/t15-,18+,22-,23+,24-,25+;13-,14+,16-,17+,18-,19+;;/m11../s1. The van der Waals surface area contributed by atoms with Crippen molar-refractivity contribution in [2.24, 2.45) is 64.4 Å². The van der Waals surface area contributed by atoms with Crippen LogP contribution in [0.3, 0.4) is 0 Å². The first-order valence-electron chi connectivity index (χ1n) is 20.4. The van der Waals surface area contributed by atoms with Gasteiger partial charge in [0.25, 0.3) is 0 Å². The third-order valence-corrected chi connectivity index (χ3v) is 13.6. The molecule has 3 aromatic rings. The van der Waals surface area contributed by atoms with Gasteiger partial charge in [-0.25, -0.2) is 9.64 Å². The van der Waals surface area contributed by atoms with Gasteiger partial charge >= 0.3 is 11.9 Å². The molecule has 0 spiro atoms. The minimum Gasteiger partial charge on any atom is -0.462 e. The first-order chi connectivity index (χ1) is 27.2. The minimum absolute atomic E-state index is 0. The number of nitrogens with zero attached hydrogens (tertiary/aromatic N) is 2. The molecule has 9 rings (SSSR count). The summed E-state index contributed by atoms with van der Waals surface area (Å²) in [7, 11) is 0. The van der Waals surface area contributed by atoms with Crippen LogP contribution in [0, 0.1) is 65.0 Å². The van der Waals surface area contributed by atoms with Gasteiger partial charge in [-0.1, -0.05) is 63.1 Å². The van der Waals surface area contributed by atoms with Crippen LogP contribution in [0.4, 0.5) is 4.39 Å². The molecular formula is C47H57ClFN3O5. The number of aromatic nitrogens is 2. The smallest absolute Gasteiger partial charge is 0.309 e. The number of pyridine rings is 2. The van der Waals surface area contributed by atoms with Crippen LogP contribution >= 0.6 is 11.8 Å². The van der Waals surface area contributed by atoms with Crippen LogP contribution in [0.15, 0.2) is 79.1 Å². The van der Waals surface area contributed by atoms with Gasteiger partial charge in [0.15, 0.2) is 0 Å². The maximum absolute atomic E-state index is 13.5. The number of Topliss-reactive ketones (excluding diaryl/α,β-unsaturated/α-hetero) is 1. The van der Waals surface area contributed by atoms with Crippen molar-refractivity contribution in [3.63, 3.8) is 0 Å². The van der Waals surface area contributed by atoms with E-state index < -0.39 is 0 Å². The Bertz CT molecular complexity index is 1910. The summed E-state index contributed by atoms with van der Waals surface area (Å²) in [6, 6.07) is 16.3. The average molecular weight is 798 g/mol. The molecule has 2 aromatic heterocycles. The van der Waals surface area contributed by atoms with E-state index in [0.29, 0.717) is 48.2 Å². The van der Waals surface area contributed by atoms with Crippen molar-refractivity contribution in [3.8, 4) is 11.1 Å². The summed E-state index contributed by atoms with van der Waals surface area (Å²) in [5.41, 5.74) is 3.48. The topological polar surface area (TPSA) is 121 Å². The summed E-state index contributed by atoms with van der Waals surface area (Å²) >= 11 is 4.14. The fourth-order valence-electron chi connectivity index (χ4n) is 11.2. The average Bonchev–Trinajstić information content (AvgIpc) is 3.67. The zero-order valence-corrected chi connectivity index (χ0v) is 33.0. The second-order valence-corrected chi connectivity index (χ2v) is 16.6. The normalized spacial score (nSPS) is 33.9. The van der Waals surface area contributed by atoms with Crippen LogP contribution in [-0.2, 0) is 23.9 Å². The Labute approximate surface area is 342 Å². The second-order valence-electron chi connectivity index (χ2n) is 16.6. The van der Waals surface area contributed by atoms with Crippen LogP contribution in [-0.4, -0.2) is 39.9 Å². The van der Waals surface area contributed by atoms with E-state index >= 15 is 0 Å². The highest BCUT2D eigenvalue weighted by Crippen LogP contribution is 2.54. The molecule has 0 unspecified atom stereocenters. The Morgan fingerprint density at radius 3 is 1.98 bits per heavy atom. The molecule has 0 bridgehead atoms. The summed E-state index contributed by atoms with van der Waals surface area (Å²) < 4.78 is 24.7. The number of rotatable bonds is 5. The summed E-state index contributed by atoms with van der Waals surface area (Å²) in [6.07, 6.45) is 21.4. The highest BCUT2D eigenvalue weighted by atomic mass is 35.5. The molecule has 2 N–H and O–H groups in total. The molecule has 2 aliphatic heterocycles. The van der Waals surface area contributed by atoms with Crippen LogP contribution < -0.4 is 5.25 Å². The molecule has 6 fully saturated rings. The van der Waals surface area contributed by atoms with Gasteiger partial charge in [-0.3, -0.25) is 24.4 Å². The number of carbonyl (C=O) groups excluding carboxylic acids is 3. The highest BCUT2D eigenvalue weighted by molar-refractivity contribution is 6.11. The number of ether oxygens (including phenoxy) is 2. The molecule has 10 heteroatoms. The third kappa shape index (κ3) is 9.25. The quantitative estimate of drug-likeness (QED) is 0.200. The van der Waals surface area contributed by atoms with Crippen molar-refractivity contribution in [3.05, 3.63) is 96.3 Å². The molecule has 1 aromatic carbocycles. The number of ketones is 1. The largest absolute Gasteiger partial charge is 0.462 e. The van der Waals surface area contributed by atoms with E-state index in [1.165, 1.54) is 37.8 Å². The van der Waals surface area contributed by atoms with Gasteiger partial charge in [-0.15, -0.1) is 0 Å². The number of hydrogen-bond donors (Lipinski definition) is 1. The maximum Gasteiger partial charge on any atom is 0.309 e. The zero-order chi connectivity index (χ0) is 39.3. The SMILES string of the molecule is C.C[C@H]1OC(=O)[C@@H]2C[C@@H]3CC(=O)CC[C@H]3[C@H](/C=C/c3ccc(-c4cccc(F)c4)cn3)[C@H]12.C[C@H]1OC(=O)[C@@H]2C[C@@H]3CCCC[C@H]3[C@H](/C=C/c3ccccn3)[C@H]12.NCl. The van der Waals surface area contributed by atoms with E-state index in [2.05, 4.69) is 52.1 Å². The van der Waals surface area contributed by atoms with E-state index in [9.17, 15) is 18.8 Å². The number of cyclic esters (lactones) is 2. The molecular weight excluding hydrogens is 741 g/mol. The number of halogens is 2. The van der Waals surface area contributed by atoms with Gasteiger partial charge < -0.3 is 9.47 Å². The molecule has 304 valence electrons. The fraction of sp³-hybridized carbons (Fsp3) is 0.511. The van der Waals surface area contributed by atoms with E-state index in [4.69, 9.17) is 9.47 Å². The Balaban J connectivity index is 0.000000189. The highest BCUT2D eigenvalue weighted by Gasteiger charge is 2.55. The van der Waals surface area contributed by atoms with Crippen molar-refractivity contribution >= 4 is 41.7 Å². The number of allylic oxidation sites excluding steroid dienone is 2. The molecule has 12 atom stereocenters. The van der Waals surface area contributed by atoms with Crippen LogP contribution in [0.2, 0.25) is 0 Å². The van der Waals surface area contributed by atoms with Gasteiger partial charge in [0, 0.05) is 42.6 Å². The second kappa shape index (κ2) is 19.0. The van der Waals surface area contributed by atoms with Crippen molar-refractivity contribution in [2.45, 2.75) is 91.3 Å². The maximum atomic E-state index is 13.5. The predicted octanol–water partition coefficient (Wildman–Crippen LogP) is 9.92. The molecule has 4 saturated carbocycles. The fourth-order valence-corrected chi connectivity index (χ4v) is 11.2. The lowest BCUT2D eigenvalue weighted by atomic mass is 9.57. The van der Waals surface area contributed by atoms with Crippen molar-refractivity contribution < 1.29 is 28.2 Å². The number of esters is 2. The number of benzene rings is 1. The van der Waals surface area contributed by atoms with E-state index in [-0.39, 0.29) is 67.0 Å². The van der Waals surface area contributed by atoms with Gasteiger partial charge in [0.05, 0.1) is 23.2 Å². The van der Waals surface area contributed by atoms with E-state index in [1.807, 2.05) is 55.6 Å². The lowest BCUT2D eigenvalue weighted by Crippen LogP contribution is -2.44. The minimum atomic E-state index is -0.267. The van der Waals surface area contributed by atoms with Crippen LogP contribution in [0.1, 0.15) is 90.4 Å². The van der Waals surface area contributed by atoms with E-state index in [0.717, 1.165) is 41.8 Å². The Morgan fingerprint density at radius 2 is 1.37 bits per heavy atom. The molecule has 0 radical (unpaired) electrons. The Kier molecular flexibility index (Phi) is 14.2. The summed E-state index contributed by atoms with van der Waals surface area (Å²) in [4.78, 5) is 45.7. The predicted molar refractivity (Wildman–Crippen MR) is 221 cm³/mol. The number of fused-ring (bicyclic) bond motifs is 4. The summed E-state index contributed by atoms with van der Waals surface area (Å²) in [5.74, 6) is 3.21. The van der Waals surface area contributed by atoms with Crippen LogP contribution in [0.5, 0.6) is 0 Å². The van der Waals surface area contributed by atoms with E-state index in [1.54, 1.807) is 12.3 Å². The number of hydrogen-bond acceptors (Lipinski definition) is 8. The van der Waals surface area contributed by atoms with Crippen LogP contribution in [0.25, 0.3) is 23.3 Å². The molecule has 8 nitrogen and oxygen atoms in total. The van der Waals surface area contributed by atoms with Crippen molar-refractivity contribution in [2.75, 3.05) is 0 Å². The van der Waals surface area contributed by atoms with Gasteiger partial charge in [-0.2, -0.15) is 0 Å². The van der Waals surface area contributed by atoms with Crippen molar-refractivity contribution in [1.29, 1.82) is 0 Å². The zero-order valence-electron chi connectivity index (χ0n) is 32.2. The summed E-state index contributed by atoms with van der Waals surface area (Å²) in [6.45, 7) is 4.07. The molecule has 0 amide bonds. The van der Waals surface area contributed by atoms with Gasteiger partial charge in [-0.05, 0) is 135 Å². The van der Waals surface area contributed by atoms with Gasteiger partial charge in [0.2, 0.25) is 0 Å². The summed E-state index contributed by atoms with van der Waals surface area (Å²) in [5, 5.41) is 3.97. The molecule has 2 saturated heterocycles. The first-order valence-corrected chi connectivity index (χ1v) is 20.8. The molecule has 4 heterocycles. The van der Waals surface area contributed by atoms with Crippen molar-refractivity contribution in [1.82, 2.24) is 9.97 Å². The third-order valence-electron chi connectivity index (χ3n) is 13.6. The number of carbonyl (C=O) groups is 3. The Hall–Kier alpha value is -4.21. The molecule has 6 aliphatic rings. The Morgan fingerprint density at radius 1 is 0.737 bits per heavy atom. The lowest BCUT2D eigenvalue weighted by molar-refractivity contribution is -0.145. The molecule has 4 aliphatic carbocycles. The lowest BCUT2D eigenvalue weighted by Gasteiger charge is -2.45. The first kappa shape index (κ1) is 42.4. The van der Waals surface area contributed by atoms with Gasteiger partial charge in [0.1, 0.15) is 23.8 Å².